The first-order valence-electron chi connectivity index (χ1n) is 18.2. The minimum Gasteiger partial charge on any atom is -0.481 e. The lowest BCUT2D eigenvalue weighted by Crippen LogP contribution is -2.18. The molecule has 0 aliphatic rings. The summed E-state index contributed by atoms with van der Waals surface area (Å²) in [5, 5.41) is 8.67. The molecule has 0 aliphatic heterocycles. The summed E-state index contributed by atoms with van der Waals surface area (Å²) in [6, 6.07) is 0. The number of hydrogen-bond acceptors (Lipinski definition) is 3. The second kappa shape index (κ2) is 33.2. The van der Waals surface area contributed by atoms with Crippen molar-refractivity contribution in [3.05, 3.63) is 12.2 Å². The van der Waals surface area contributed by atoms with Gasteiger partial charge in [0.25, 0.3) is 0 Å². The summed E-state index contributed by atoms with van der Waals surface area (Å²) in [5.74, 6) is -0.637. The second-order valence-corrected chi connectivity index (χ2v) is 12.4. The van der Waals surface area contributed by atoms with Crippen LogP contribution in [-0.2, 0) is 14.3 Å². The fourth-order valence-electron chi connectivity index (χ4n) is 5.52. The highest BCUT2D eigenvalue weighted by Crippen LogP contribution is 2.18. The summed E-state index contributed by atoms with van der Waals surface area (Å²) < 4.78 is 5.97. The summed E-state index contributed by atoms with van der Waals surface area (Å²) in [6.45, 7) is 4.49. The minimum absolute atomic E-state index is 0.0320. The molecule has 0 aromatic heterocycles. The fourth-order valence-corrected chi connectivity index (χ4v) is 5.52. The third kappa shape index (κ3) is 33.1. The predicted octanol–water partition coefficient (Wildman–Crippen LogP) is 12.3. The maximum absolute atomic E-state index is 12.5. The van der Waals surface area contributed by atoms with Gasteiger partial charge in [0.2, 0.25) is 0 Å². The lowest BCUT2D eigenvalue weighted by Gasteiger charge is -2.18. The first-order valence-corrected chi connectivity index (χ1v) is 18.2. The number of allylic oxidation sites excluding steroid dienone is 2. The Morgan fingerprint density at radius 2 is 0.902 bits per heavy atom. The number of esters is 1. The number of carbonyl (C=O) groups is 2. The Bertz CT molecular complexity index is 585. The van der Waals surface area contributed by atoms with E-state index < -0.39 is 5.97 Å². The molecular weight excluding hydrogens is 508 g/mol. The maximum atomic E-state index is 12.5. The molecule has 0 amide bonds. The van der Waals surface area contributed by atoms with Gasteiger partial charge in [-0.3, -0.25) is 9.59 Å². The number of rotatable bonds is 33. The number of carboxylic acid groups (broad SMARTS) is 1. The van der Waals surface area contributed by atoms with E-state index >= 15 is 0 Å². The van der Waals surface area contributed by atoms with Gasteiger partial charge in [-0.2, -0.15) is 0 Å². The lowest BCUT2D eigenvalue weighted by molar-refractivity contribution is -0.150. The molecule has 0 aliphatic carbocycles. The summed E-state index contributed by atoms with van der Waals surface area (Å²) >= 11 is 0. The quantitative estimate of drug-likeness (QED) is 0.0478. The number of carbonyl (C=O) groups excluding carboxylic acids is 1. The van der Waals surface area contributed by atoms with Crippen molar-refractivity contribution < 1.29 is 19.4 Å². The van der Waals surface area contributed by atoms with Crippen molar-refractivity contribution in [3.8, 4) is 0 Å². The topological polar surface area (TPSA) is 63.6 Å². The Morgan fingerprint density at radius 3 is 1.39 bits per heavy atom. The van der Waals surface area contributed by atoms with Crippen molar-refractivity contribution in [2.45, 2.75) is 213 Å². The van der Waals surface area contributed by atoms with Crippen molar-refractivity contribution in [1.29, 1.82) is 0 Å². The van der Waals surface area contributed by atoms with E-state index in [9.17, 15) is 9.59 Å². The van der Waals surface area contributed by atoms with Crippen LogP contribution in [0.15, 0.2) is 12.2 Å². The van der Waals surface area contributed by atoms with Gasteiger partial charge in [0.15, 0.2) is 0 Å². The number of unbranched alkanes of at least 4 members (excludes halogenated alkanes) is 22. The molecule has 0 rings (SSSR count). The van der Waals surface area contributed by atoms with Crippen LogP contribution in [0.5, 0.6) is 0 Å². The molecule has 0 heterocycles. The van der Waals surface area contributed by atoms with Crippen LogP contribution in [0.1, 0.15) is 206 Å². The van der Waals surface area contributed by atoms with Crippen LogP contribution in [0.25, 0.3) is 0 Å². The Labute approximate surface area is 255 Å². The number of carboxylic acids is 1. The van der Waals surface area contributed by atoms with Crippen LogP contribution in [-0.4, -0.2) is 23.1 Å². The molecule has 0 fully saturated rings. The molecule has 4 nitrogen and oxygen atoms in total. The lowest BCUT2D eigenvalue weighted by atomic mass is 10.0. The normalized spacial score (nSPS) is 12.2. The molecule has 0 bridgehead atoms. The van der Waals surface area contributed by atoms with Crippen LogP contribution in [0.3, 0.4) is 0 Å². The molecule has 0 aromatic carbocycles. The van der Waals surface area contributed by atoms with Crippen molar-refractivity contribution >= 4 is 11.9 Å². The minimum atomic E-state index is -0.669. The number of ether oxygens (including phenoxy) is 1. The Hall–Kier alpha value is -1.32. The average molecular weight is 579 g/mol. The van der Waals surface area contributed by atoms with Crippen molar-refractivity contribution in [2.75, 3.05) is 0 Å². The summed E-state index contributed by atoms with van der Waals surface area (Å²) in [4.78, 5) is 23.1. The van der Waals surface area contributed by atoms with Crippen LogP contribution in [0.4, 0.5) is 0 Å². The molecule has 1 N–H and O–H groups in total. The summed E-state index contributed by atoms with van der Waals surface area (Å²) in [5.41, 5.74) is 0. The molecular formula is C37H70O4. The third-order valence-corrected chi connectivity index (χ3v) is 8.24. The fraction of sp³-hybridized carbons (Fsp3) is 0.892. The predicted molar refractivity (Wildman–Crippen MR) is 177 cm³/mol. The van der Waals surface area contributed by atoms with Gasteiger partial charge in [-0.1, -0.05) is 148 Å². The van der Waals surface area contributed by atoms with Crippen LogP contribution >= 0.6 is 0 Å². The Balaban J connectivity index is 3.82. The number of hydrogen-bond donors (Lipinski definition) is 1. The zero-order valence-electron chi connectivity index (χ0n) is 27.6. The summed E-state index contributed by atoms with van der Waals surface area (Å²) in [7, 11) is 0. The van der Waals surface area contributed by atoms with Crippen LogP contribution in [0, 0.1) is 0 Å². The molecule has 0 saturated carbocycles. The van der Waals surface area contributed by atoms with Gasteiger partial charge in [0.05, 0.1) is 0 Å². The van der Waals surface area contributed by atoms with E-state index in [-0.39, 0.29) is 12.1 Å². The summed E-state index contributed by atoms with van der Waals surface area (Å²) in [6.07, 6.45) is 39.6. The maximum Gasteiger partial charge on any atom is 0.306 e. The van der Waals surface area contributed by atoms with E-state index in [0.29, 0.717) is 12.8 Å². The number of aliphatic carboxylic acids is 1. The van der Waals surface area contributed by atoms with E-state index in [4.69, 9.17) is 9.84 Å². The van der Waals surface area contributed by atoms with E-state index in [2.05, 4.69) is 26.0 Å². The van der Waals surface area contributed by atoms with E-state index in [1.54, 1.807) is 0 Å². The van der Waals surface area contributed by atoms with Gasteiger partial charge in [0, 0.05) is 12.8 Å². The molecule has 0 saturated heterocycles. The van der Waals surface area contributed by atoms with Gasteiger partial charge in [-0.25, -0.2) is 0 Å². The molecule has 242 valence electrons. The highest BCUT2D eigenvalue weighted by Gasteiger charge is 2.14. The monoisotopic (exact) mass is 579 g/mol. The zero-order chi connectivity index (χ0) is 30.1. The Morgan fingerprint density at radius 1 is 0.512 bits per heavy atom. The highest BCUT2D eigenvalue weighted by molar-refractivity contribution is 5.69. The SMILES string of the molecule is CCCC/C=C\CCCCCCCCC(=O)OC(CCCCCC)CCCCCCCCCCCCCCC(=O)O. The third-order valence-electron chi connectivity index (χ3n) is 8.24. The van der Waals surface area contributed by atoms with Gasteiger partial charge < -0.3 is 9.84 Å². The molecule has 0 aromatic rings. The van der Waals surface area contributed by atoms with E-state index in [1.807, 2.05) is 0 Å². The molecule has 1 atom stereocenters. The van der Waals surface area contributed by atoms with Gasteiger partial charge >= 0.3 is 11.9 Å². The van der Waals surface area contributed by atoms with Crippen LogP contribution < -0.4 is 0 Å². The highest BCUT2D eigenvalue weighted by atomic mass is 16.5. The van der Waals surface area contributed by atoms with Gasteiger partial charge in [-0.05, 0) is 57.8 Å². The first kappa shape index (κ1) is 39.7. The molecule has 0 radical (unpaired) electrons. The van der Waals surface area contributed by atoms with Crippen LogP contribution in [0.2, 0.25) is 0 Å². The van der Waals surface area contributed by atoms with E-state index in [0.717, 1.165) is 38.5 Å². The molecule has 0 spiro atoms. The van der Waals surface area contributed by atoms with Gasteiger partial charge in [0.1, 0.15) is 6.10 Å². The van der Waals surface area contributed by atoms with Crippen molar-refractivity contribution in [1.82, 2.24) is 0 Å². The molecule has 4 heteroatoms. The molecule has 1 unspecified atom stereocenters. The second-order valence-electron chi connectivity index (χ2n) is 12.4. The largest absolute Gasteiger partial charge is 0.481 e. The Kier molecular flexibility index (Phi) is 32.1. The van der Waals surface area contributed by atoms with Crippen molar-refractivity contribution in [2.24, 2.45) is 0 Å². The zero-order valence-corrected chi connectivity index (χ0v) is 27.6. The first-order chi connectivity index (χ1) is 20.1. The molecule has 41 heavy (non-hydrogen) atoms. The van der Waals surface area contributed by atoms with Gasteiger partial charge in [-0.15, -0.1) is 0 Å². The van der Waals surface area contributed by atoms with E-state index in [1.165, 1.54) is 141 Å². The standard InChI is InChI=1S/C37H70O4/c1-3-5-7-9-10-11-12-17-20-23-26-30-34-37(40)41-35(31-27-8-6-4-2)32-28-24-21-18-15-13-14-16-19-22-25-29-33-36(38)39/h9-10,35H,3-8,11-34H2,1-2H3,(H,38,39)/b10-9-. The van der Waals surface area contributed by atoms with Crippen molar-refractivity contribution in [3.63, 3.8) is 0 Å². The average Bonchev–Trinajstić information content (AvgIpc) is 2.95. The smallest absolute Gasteiger partial charge is 0.306 e.